The summed E-state index contributed by atoms with van der Waals surface area (Å²) >= 11 is 6.54. The highest BCUT2D eigenvalue weighted by Crippen LogP contribution is 2.37. The fourth-order valence-corrected chi connectivity index (χ4v) is 8.57. The number of fused-ring (bicyclic) bond motifs is 1. The van der Waals surface area contributed by atoms with E-state index in [1.807, 2.05) is 44.2 Å². The number of aryl methyl sites for hydroxylation is 2. The van der Waals surface area contributed by atoms with Crippen LogP contribution in [0.3, 0.4) is 0 Å². The Kier molecular flexibility index (Phi) is 10.7. The van der Waals surface area contributed by atoms with E-state index in [2.05, 4.69) is 42.4 Å². The monoisotopic (exact) mass is 791 g/mol. The van der Waals surface area contributed by atoms with Crippen LogP contribution in [0.25, 0.3) is 22.6 Å². The molecule has 2 N–H and O–H groups in total. The molecule has 15 heteroatoms. The number of imidazole rings is 1. The molecule has 57 heavy (non-hydrogen) atoms. The SMILES string of the molecule is Cc1nn(C)cc1-c1nc2ncc(Cl)c(Oc3ccc(C(=O)N4CCCC(C(=O)N(C)CC5CCN(c6ccc([C@@H]7CCC(=O)NC7=O)cc6)CC5)C4)cc3)c2[nH]1. The molecule has 2 aromatic carbocycles. The molecule has 0 aliphatic carbocycles. The molecule has 4 amide bonds. The molecule has 0 spiro atoms. The zero-order chi connectivity index (χ0) is 39.8. The standard InChI is InChI=1S/C42H46ClN9O5/c1-25-33(24-50(3)48-25)38-46-36-37(34(43)21-44-39(36)47-38)57-31-12-8-28(9-13-31)42(56)52-18-4-5-29(23-52)41(55)49(2)22-26-16-19-51(20-17-26)30-10-6-27(7-11-30)32-14-15-35(53)45-40(32)54/h6-13,21,24,26,29,32H,4-5,14-20,22-23H2,1-3H3,(H,44,46,47)(H,45,53,54)/t29?,32-/m0/s1. The van der Waals surface area contributed by atoms with E-state index in [1.165, 1.54) is 6.20 Å². The first-order valence-corrected chi connectivity index (χ1v) is 19.9. The van der Waals surface area contributed by atoms with Crippen LogP contribution >= 0.6 is 11.6 Å². The molecule has 0 radical (unpaired) electrons. The molecule has 2 atom stereocenters. The lowest BCUT2D eigenvalue weighted by atomic mass is 9.90. The Labute approximate surface area is 335 Å². The summed E-state index contributed by atoms with van der Waals surface area (Å²) in [6.45, 7) is 5.35. The predicted octanol–water partition coefficient (Wildman–Crippen LogP) is 5.86. The highest BCUT2D eigenvalue weighted by Gasteiger charge is 2.33. The Morgan fingerprint density at radius 3 is 2.46 bits per heavy atom. The zero-order valence-electron chi connectivity index (χ0n) is 32.3. The molecule has 6 heterocycles. The van der Waals surface area contributed by atoms with Crippen molar-refractivity contribution in [3.8, 4) is 22.9 Å². The van der Waals surface area contributed by atoms with Gasteiger partial charge in [-0.15, -0.1) is 0 Å². The number of nitrogens with zero attached hydrogens (tertiary/aromatic N) is 7. The van der Waals surface area contributed by atoms with Gasteiger partial charge in [0.05, 0.1) is 29.3 Å². The minimum Gasteiger partial charge on any atom is -0.453 e. The van der Waals surface area contributed by atoms with E-state index in [0.29, 0.717) is 77.5 Å². The molecule has 296 valence electrons. The first-order chi connectivity index (χ1) is 27.5. The van der Waals surface area contributed by atoms with Gasteiger partial charge in [0.2, 0.25) is 17.7 Å². The van der Waals surface area contributed by atoms with Crippen LogP contribution in [-0.2, 0) is 21.4 Å². The molecular formula is C42H46ClN9O5. The summed E-state index contributed by atoms with van der Waals surface area (Å²) in [6.07, 6.45) is 7.73. The number of rotatable bonds is 9. The zero-order valence-corrected chi connectivity index (χ0v) is 33.1. The normalized spacial score (nSPS) is 19.2. The highest BCUT2D eigenvalue weighted by atomic mass is 35.5. The van der Waals surface area contributed by atoms with Crippen LogP contribution in [0.2, 0.25) is 5.02 Å². The van der Waals surface area contributed by atoms with Gasteiger partial charge in [-0.05, 0) is 86.9 Å². The first-order valence-electron chi connectivity index (χ1n) is 19.6. The molecule has 14 nitrogen and oxygen atoms in total. The number of amides is 4. The number of benzene rings is 2. The third kappa shape index (κ3) is 8.09. The number of piperidine rings is 3. The van der Waals surface area contributed by atoms with Gasteiger partial charge in [0.15, 0.2) is 11.4 Å². The van der Waals surface area contributed by atoms with Crippen molar-refractivity contribution in [2.45, 2.75) is 51.4 Å². The summed E-state index contributed by atoms with van der Waals surface area (Å²) in [4.78, 5) is 69.5. The summed E-state index contributed by atoms with van der Waals surface area (Å²) < 4.78 is 7.95. The minimum atomic E-state index is -0.288. The summed E-state index contributed by atoms with van der Waals surface area (Å²) in [5.74, 6) is 0.880. The van der Waals surface area contributed by atoms with Crippen molar-refractivity contribution in [1.29, 1.82) is 0 Å². The van der Waals surface area contributed by atoms with Crippen molar-refractivity contribution >= 4 is 52.1 Å². The molecule has 3 fully saturated rings. The summed E-state index contributed by atoms with van der Waals surface area (Å²) in [5, 5.41) is 7.16. The van der Waals surface area contributed by atoms with Gasteiger partial charge in [0, 0.05) is 70.7 Å². The molecule has 8 rings (SSSR count). The largest absolute Gasteiger partial charge is 0.453 e. The van der Waals surface area contributed by atoms with Gasteiger partial charge in [-0.2, -0.15) is 5.10 Å². The molecule has 0 saturated carbocycles. The lowest BCUT2D eigenvalue weighted by Gasteiger charge is -2.37. The van der Waals surface area contributed by atoms with E-state index < -0.39 is 0 Å². The number of hydrogen-bond donors (Lipinski definition) is 2. The number of halogens is 1. The molecule has 3 aliphatic heterocycles. The number of aromatic amines is 1. The van der Waals surface area contributed by atoms with Crippen LogP contribution < -0.4 is 15.0 Å². The number of H-pyrrole nitrogens is 1. The smallest absolute Gasteiger partial charge is 0.253 e. The second kappa shape index (κ2) is 16.0. The number of carbonyl (C=O) groups is 4. The summed E-state index contributed by atoms with van der Waals surface area (Å²) in [5.41, 5.74) is 5.24. The number of imide groups is 1. The van der Waals surface area contributed by atoms with Crippen molar-refractivity contribution < 1.29 is 23.9 Å². The molecule has 3 saturated heterocycles. The number of ether oxygens (including phenoxy) is 1. The van der Waals surface area contributed by atoms with Crippen molar-refractivity contribution in [1.82, 2.24) is 39.8 Å². The maximum atomic E-state index is 13.7. The average Bonchev–Trinajstić information content (AvgIpc) is 3.81. The molecule has 5 aromatic rings. The fourth-order valence-electron chi connectivity index (χ4n) is 8.39. The average molecular weight is 792 g/mol. The van der Waals surface area contributed by atoms with Gasteiger partial charge in [-0.1, -0.05) is 23.7 Å². The van der Waals surface area contributed by atoms with Crippen molar-refractivity contribution in [3.63, 3.8) is 0 Å². The van der Waals surface area contributed by atoms with Crippen LogP contribution in [0.15, 0.2) is 60.9 Å². The van der Waals surface area contributed by atoms with Gasteiger partial charge in [-0.3, -0.25) is 29.2 Å². The van der Waals surface area contributed by atoms with Crippen molar-refractivity contribution in [2.75, 3.05) is 44.7 Å². The molecule has 3 aromatic heterocycles. The van der Waals surface area contributed by atoms with E-state index in [1.54, 1.807) is 33.8 Å². The molecule has 0 bridgehead atoms. The Balaban J connectivity index is 0.833. The maximum Gasteiger partial charge on any atom is 0.253 e. The number of hydrogen-bond acceptors (Lipinski definition) is 9. The van der Waals surface area contributed by atoms with Gasteiger partial charge in [0.1, 0.15) is 22.1 Å². The van der Waals surface area contributed by atoms with E-state index in [9.17, 15) is 19.2 Å². The Morgan fingerprint density at radius 1 is 1.00 bits per heavy atom. The first kappa shape index (κ1) is 38.1. The number of likely N-dealkylation sites (tertiary alicyclic amines) is 1. The number of anilines is 1. The fraction of sp³-hybridized carbons (Fsp3) is 0.405. The van der Waals surface area contributed by atoms with E-state index >= 15 is 0 Å². The van der Waals surface area contributed by atoms with Crippen LogP contribution in [0.5, 0.6) is 11.5 Å². The Morgan fingerprint density at radius 2 is 1.75 bits per heavy atom. The second-order valence-electron chi connectivity index (χ2n) is 15.5. The Bertz CT molecular complexity index is 2310. The maximum absolute atomic E-state index is 13.7. The van der Waals surface area contributed by atoms with Crippen LogP contribution in [0.4, 0.5) is 5.69 Å². The van der Waals surface area contributed by atoms with Gasteiger partial charge in [0.25, 0.3) is 5.91 Å². The van der Waals surface area contributed by atoms with Gasteiger partial charge >= 0.3 is 0 Å². The third-order valence-electron chi connectivity index (χ3n) is 11.5. The van der Waals surface area contributed by atoms with E-state index in [0.717, 1.165) is 61.3 Å². The highest BCUT2D eigenvalue weighted by molar-refractivity contribution is 6.32. The summed E-state index contributed by atoms with van der Waals surface area (Å²) in [6, 6.07) is 15.1. The quantitative estimate of drug-likeness (QED) is 0.175. The van der Waals surface area contributed by atoms with Gasteiger partial charge in [-0.25, -0.2) is 9.97 Å². The predicted molar refractivity (Wildman–Crippen MR) is 215 cm³/mol. The Hall–Kier alpha value is -5.76. The lowest BCUT2D eigenvalue weighted by Crippen LogP contribution is -2.47. The van der Waals surface area contributed by atoms with E-state index in [-0.39, 0.29) is 35.5 Å². The lowest BCUT2D eigenvalue weighted by molar-refractivity contribution is -0.136. The van der Waals surface area contributed by atoms with Crippen LogP contribution in [-0.4, -0.2) is 97.9 Å². The third-order valence-corrected chi connectivity index (χ3v) is 11.8. The molecule has 3 aliphatic rings. The van der Waals surface area contributed by atoms with Crippen LogP contribution in [0.1, 0.15) is 66.1 Å². The van der Waals surface area contributed by atoms with Crippen LogP contribution in [0, 0.1) is 18.8 Å². The van der Waals surface area contributed by atoms with Gasteiger partial charge < -0.3 is 24.4 Å². The number of aromatic nitrogens is 5. The number of pyridine rings is 1. The summed E-state index contributed by atoms with van der Waals surface area (Å²) in [7, 11) is 3.73. The number of nitrogens with one attached hydrogen (secondary N) is 2. The molecule has 1 unspecified atom stereocenters. The number of carbonyl (C=O) groups excluding carboxylic acids is 4. The topological polar surface area (TPSA) is 159 Å². The van der Waals surface area contributed by atoms with Crippen molar-refractivity contribution in [2.24, 2.45) is 18.9 Å². The van der Waals surface area contributed by atoms with E-state index in [4.69, 9.17) is 16.3 Å². The van der Waals surface area contributed by atoms with Crippen molar-refractivity contribution in [3.05, 3.63) is 82.8 Å². The second-order valence-corrected chi connectivity index (χ2v) is 15.9. The molecular weight excluding hydrogens is 746 g/mol. The minimum absolute atomic E-state index is 0.0870.